The van der Waals surface area contributed by atoms with Gasteiger partial charge in [0.1, 0.15) is 11.5 Å². The van der Waals surface area contributed by atoms with E-state index in [1.807, 2.05) is 37.4 Å². The first-order chi connectivity index (χ1) is 12.5. The lowest BCUT2D eigenvalue weighted by molar-refractivity contribution is -0.117. The minimum atomic E-state index is -0.458. The van der Waals surface area contributed by atoms with Crippen LogP contribution in [0.3, 0.4) is 0 Å². The van der Waals surface area contributed by atoms with Crippen molar-refractivity contribution < 1.29 is 4.79 Å². The Bertz CT molecular complexity index is 978. The largest absolute Gasteiger partial charge is 0.369 e. The molecule has 0 saturated carbocycles. The van der Waals surface area contributed by atoms with Crippen LogP contribution < -0.4 is 11.0 Å². The van der Waals surface area contributed by atoms with E-state index in [4.69, 9.17) is 11.6 Å². The SMILES string of the molecule is CCc1ccc(Cl)c(CC)c1NC(=O)Cn1nnn(-c2cccs2)c1=O. The number of aromatic nitrogens is 4. The highest BCUT2D eigenvalue weighted by molar-refractivity contribution is 7.12. The number of hydrogen-bond donors (Lipinski definition) is 1. The molecule has 2 aromatic heterocycles. The fourth-order valence-corrected chi connectivity index (χ4v) is 3.64. The van der Waals surface area contributed by atoms with Crippen molar-refractivity contribution in [2.45, 2.75) is 33.2 Å². The summed E-state index contributed by atoms with van der Waals surface area (Å²) >= 11 is 7.63. The van der Waals surface area contributed by atoms with Gasteiger partial charge in [-0.05, 0) is 58.0 Å². The van der Waals surface area contributed by atoms with Crippen LogP contribution in [0, 0.1) is 0 Å². The van der Waals surface area contributed by atoms with Gasteiger partial charge in [-0.15, -0.1) is 11.3 Å². The summed E-state index contributed by atoms with van der Waals surface area (Å²) in [5.41, 5.74) is 2.13. The number of thiophene rings is 1. The van der Waals surface area contributed by atoms with Gasteiger partial charge < -0.3 is 5.32 Å². The van der Waals surface area contributed by atoms with E-state index in [0.29, 0.717) is 22.1 Å². The topological polar surface area (TPSA) is 81.8 Å². The number of rotatable bonds is 6. The van der Waals surface area contributed by atoms with Crippen LogP contribution in [0.5, 0.6) is 0 Å². The fraction of sp³-hybridized carbons (Fsp3) is 0.294. The quantitative estimate of drug-likeness (QED) is 0.700. The number of tetrazole rings is 1. The fourth-order valence-electron chi connectivity index (χ4n) is 2.68. The van der Waals surface area contributed by atoms with Crippen LogP contribution in [0.2, 0.25) is 5.02 Å². The molecular weight excluding hydrogens is 374 g/mol. The number of nitrogens with one attached hydrogen (secondary N) is 1. The van der Waals surface area contributed by atoms with Gasteiger partial charge in [0.05, 0.1) is 0 Å². The van der Waals surface area contributed by atoms with Crippen molar-refractivity contribution >= 4 is 34.5 Å². The second-order valence-corrected chi connectivity index (χ2v) is 6.93. The number of anilines is 1. The molecular formula is C17H18ClN5O2S. The average molecular weight is 392 g/mol. The molecule has 2 heterocycles. The van der Waals surface area contributed by atoms with E-state index in [9.17, 15) is 9.59 Å². The normalized spacial score (nSPS) is 10.9. The predicted molar refractivity (Wildman–Crippen MR) is 102 cm³/mol. The highest BCUT2D eigenvalue weighted by Crippen LogP contribution is 2.29. The Morgan fingerprint density at radius 1 is 1.23 bits per heavy atom. The lowest BCUT2D eigenvalue weighted by atomic mass is 10.0. The molecule has 0 atom stereocenters. The Balaban J connectivity index is 1.83. The zero-order chi connectivity index (χ0) is 18.7. The van der Waals surface area contributed by atoms with Gasteiger partial charge >= 0.3 is 5.69 Å². The highest BCUT2D eigenvalue weighted by atomic mass is 35.5. The third kappa shape index (κ3) is 3.56. The number of hydrogen-bond acceptors (Lipinski definition) is 5. The summed E-state index contributed by atoms with van der Waals surface area (Å²) in [6.07, 6.45) is 1.45. The minimum absolute atomic E-state index is 0.219. The van der Waals surface area contributed by atoms with E-state index in [2.05, 4.69) is 15.7 Å². The van der Waals surface area contributed by atoms with Crippen molar-refractivity contribution in [3.05, 3.63) is 56.3 Å². The Hall–Kier alpha value is -2.45. The van der Waals surface area contributed by atoms with Crippen molar-refractivity contribution in [2.75, 3.05) is 5.32 Å². The van der Waals surface area contributed by atoms with E-state index in [-0.39, 0.29) is 12.5 Å². The molecule has 0 aliphatic carbocycles. The van der Waals surface area contributed by atoms with Crippen molar-refractivity contribution in [1.29, 1.82) is 0 Å². The second-order valence-electron chi connectivity index (χ2n) is 5.60. The Morgan fingerprint density at radius 3 is 2.69 bits per heavy atom. The molecule has 1 aromatic carbocycles. The number of halogens is 1. The van der Waals surface area contributed by atoms with Crippen molar-refractivity contribution in [3.63, 3.8) is 0 Å². The zero-order valence-corrected chi connectivity index (χ0v) is 16.0. The van der Waals surface area contributed by atoms with Crippen LogP contribution in [-0.4, -0.2) is 25.7 Å². The third-order valence-corrected chi connectivity index (χ3v) is 5.19. The first kappa shape index (κ1) is 18.3. The smallest absolute Gasteiger partial charge is 0.324 e. The summed E-state index contributed by atoms with van der Waals surface area (Å²) in [6.45, 7) is 3.77. The van der Waals surface area contributed by atoms with Crippen LogP contribution in [0.1, 0.15) is 25.0 Å². The molecule has 7 nitrogen and oxygen atoms in total. The monoisotopic (exact) mass is 391 g/mol. The molecule has 0 radical (unpaired) electrons. The van der Waals surface area contributed by atoms with Crippen LogP contribution in [0.25, 0.3) is 5.00 Å². The van der Waals surface area contributed by atoms with Gasteiger partial charge in [0.2, 0.25) is 5.91 Å². The maximum atomic E-state index is 12.5. The molecule has 0 saturated heterocycles. The average Bonchev–Trinajstić information content (AvgIpc) is 3.26. The molecule has 9 heteroatoms. The third-order valence-electron chi connectivity index (χ3n) is 3.99. The summed E-state index contributed by atoms with van der Waals surface area (Å²) in [5, 5.41) is 13.6. The van der Waals surface area contributed by atoms with Gasteiger partial charge in [0.15, 0.2) is 0 Å². The van der Waals surface area contributed by atoms with E-state index >= 15 is 0 Å². The summed E-state index contributed by atoms with van der Waals surface area (Å²) < 4.78 is 2.21. The van der Waals surface area contributed by atoms with Gasteiger partial charge in [-0.25, -0.2) is 4.79 Å². The van der Waals surface area contributed by atoms with Gasteiger partial charge in [0.25, 0.3) is 0 Å². The first-order valence-electron chi connectivity index (χ1n) is 8.22. The molecule has 0 spiro atoms. The zero-order valence-electron chi connectivity index (χ0n) is 14.4. The van der Waals surface area contributed by atoms with E-state index < -0.39 is 5.69 Å². The van der Waals surface area contributed by atoms with Gasteiger partial charge in [0, 0.05) is 10.7 Å². The van der Waals surface area contributed by atoms with E-state index in [1.54, 1.807) is 6.07 Å². The molecule has 136 valence electrons. The molecule has 26 heavy (non-hydrogen) atoms. The van der Waals surface area contributed by atoms with Crippen LogP contribution in [0.15, 0.2) is 34.4 Å². The second kappa shape index (κ2) is 7.84. The summed E-state index contributed by atoms with van der Waals surface area (Å²) in [6, 6.07) is 7.32. The Morgan fingerprint density at radius 2 is 2.04 bits per heavy atom. The summed E-state index contributed by atoms with van der Waals surface area (Å²) in [4.78, 5) is 24.9. The lowest BCUT2D eigenvalue weighted by Crippen LogP contribution is -2.30. The molecule has 0 fully saturated rings. The molecule has 0 unspecified atom stereocenters. The molecule has 0 aliphatic rings. The standard InChI is InChI=1S/C17H18ClN5O2S/c1-3-11-7-8-13(18)12(4-2)16(11)19-14(24)10-22-17(25)23(21-20-22)15-6-5-9-26-15/h5-9H,3-4,10H2,1-2H3,(H,19,24). The number of nitrogens with zero attached hydrogens (tertiary/aromatic N) is 4. The Kier molecular flexibility index (Phi) is 5.53. The minimum Gasteiger partial charge on any atom is -0.324 e. The van der Waals surface area contributed by atoms with Crippen molar-refractivity contribution in [1.82, 2.24) is 19.8 Å². The molecule has 0 aliphatic heterocycles. The molecule has 0 bridgehead atoms. The molecule has 1 amide bonds. The summed E-state index contributed by atoms with van der Waals surface area (Å²) in [5.74, 6) is -0.350. The number of carbonyl (C=O) groups excluding carboxylic acids is 1. The number of aryl methyl sites for hydroxylation is 1. The van der Waals surface area contributed by atoms with Gasteiger partial charge in [-0.2, -0.15) is 9.36 Å². The number of carbonyl (C=O) groups is 1. The number of benzene rings is 1. The first-order valence-corrected chi connectivity index (χ1v) is 9.47. The highest BCUT2D eigenvalue weighted by Gasteiger charge is 2.16. The predicted octanol–water partition coefficient (Wildman–Crippen LogP) is 2.91. The van der Waals surface area contributed by atoms with E-state index in [1.165, 1.54) is 16.0 Å². The van der Waals surface area contributed by atoms with Crippen LogP contribution in [-0.2, 0) is 24.2 Å². The van der Waals surface area contributed by atoms with Crippen LogP contribution in [0.4, 0.5) is 5.69 Å². The van der Waals surface area contributed by atoms with Crippen molar-refractivity contribution in [3.8, 4) is 5.00 Å². The Labute approximate surface area is 159 Å². The number of amides is 1. The summed E-state index contributed by atoms with van der Waals surface area (Å²) in [7, 11) is 0. The lowest BCUT2D eigenvalue weighted by Gasteiger charge is -2.15. The molecule has 3 rings (SSSR count). The van der Waals surface area contributed by atoms with Crippen molar-refractivity contribution in [2.24, 2.45) is 0 Å². The van der Waals surface area contributed by atoms with E-state index in [0.717, 1.165) is 22.2 Å². The maximum absolute atomic E-state index is 12.5. The maximum Gasteiger partial charge on any atom is 0.369 e. The van der Waals surface area contributed by atoms with Crippen LogP contribution >= 0.6 is 22.9 Å². The molecule has 3 aromatic rings. The van der Waals surface area contributed by atoms with Gasteiger partial charge in [-0.3, -0.25) is 4.79 Å². The van der Waals surface area contributed by atoms with Gasteiger partial charge in [-0.1, -0.05) is 31.5 Å². The molecule has 1 N–H and O–H groups in total.